The molecule has 0 unspecified atom stereocenters. The van der Waals surface area contributed by atoms with E-state index in [1.807, 2.05) is 20.9 Å². The number of hydrogen-bond donors (Lipinski definition) is 2. The van der Waals surface area contributed by atoms with Crippen LogP contribution in [0.1, 0.15) is 13.8 Å². The lowest BCUT2D eigenvalue weighted by molar-refractivity contribution is 0.397. The molecule has 0 amide bonds. The SMILES string of the molecule is CC.CNc1cc(OC)n[nH]1. The molecule has 1 rings (SSSR count). The molecule has 1 aromatic rings. The first-order valence-electron chi connectivity index (χ1n) is 3.64. The summed E-state index contributed by atoms with van der Waals surface area (Å²) >= 11 is 0. The van der Waals surface area contributed by atoms with Crippen LogP contribution in [0, 0.1) is 0 Å². The van der Waals surface area contributed by atoms with E-state index in [0.717, 1.165) is 5.82 Å². The van der Waals surface area contributed by atoms with Gasteiger partial charge in [0.05, 0.1) is 7.11 Å². The lowest BCUT2D eigenvalue weighted by Crippen LogP contribution is -1.85. The van der Waals surface area contributed by atoms with Gasteiger partial charge in [0.2, 0.25) is 5.88 Å². The third-order valence-electron chi connectivity index (χ3n) is 1.03. The standard InChI is InChI=1S/C5H9N3O.C2H6/c1-6-4-3-5(9-2)8-7-4;1-2/h3H,1-2H3,(H2,6,7,8);1-2H3. The smallest absolute Gasteiger partial charge is 0.234 e. The molecule has 0 bridgehead atoms. The average molecular weight is 157 g/mol. The first kappa shape index (κ1) is 9.81. The molecule has 4 heteroatoms. The molecule has 0 aromatic carbocycles. The molecule has 0 aliphatic carbocycles. The van der Waals surface area contributed by atoms with Crippen molar-refractivity contribution < 1.29 is 4.74 Å². The minimum Gasteiger partial charge on any atom is -0.480 e. The lowest BCUT2D eigenvalue weighted by Gasteiger charge is -1.87. The van der Waals surface area contributed by atoms with Gasteiger partial charge in [0.15, 0.2) is 0 Å². The molecule has 0 saturated carbocycles. The largest absolute Gasteiger partial charge is 0.480 e. The van der Waals surface area contributed by atoms with Crippen molar-refractivity contribution in [3.05, 3.63) is 6.07 Å². The molecule has 0 spiro atoms. The predicted octanol–water partition coefficient (Wildman–Crippen LogP) is 1.49. The molecule has 1 aromatic heterocycles. The lowest BCUT2D eigenvalue weighted by atomic mass is 10.6. The van der Waals surface area contributed by atoms with Crippen molar-refractivity contribution in [2.75, 3.05) is 19.5 Å². The summed E-state index contributed by atoms with van der Waals surface area (Å²) in [5.74, 6) is 1.45. The highest BCUT2D eigenvalue weighted by Crippen LogP contribution is 2.09. The Kier molecular flexibility index (Phi) is 4.98. The number of rotatable bonds is 2. The Morgan fingerprint density at radius 1 is 1.55 bits per heavy atom. The van der Waals surface area contributed by atoms with Crippen molar-refractivity contribution in [1.29, 1.82) is 0 Å². The molecular weight excluding hydrogens is 142 g/mol. The fourth-order valence-electron chi connectivity index (χ4n) is 0.536. The van der Waals surface area contributed by atoms with Crippen LogP contribution in [0.4, 0.5) is 5.82 Å². The van der Waals surface area contributed by atoms with Crippen LogP contribution in [0.3, 0.4) is 0 Å². The normalized spacial score (nSPS) is 8.00. The van der Waals surface area contributed by atoms with Gasteiger partial charge in [-0.25, -0.2) is 0 Å². The van der Waals surface area contributed by atoms with E-state index < -0.39 is 0 Å². The summed E-state index contributed by atoms with van der Waals surface area (Å²) in [5, 5.41) is 9.40. The van der Waals surface area contributed by atoms with Crippen molar-refractivity contribution >= 4 is 5.82 Å². The van der Waals surface area contributed by atoms with Crippen LogP contribution in [-0.2, 0) is 0 Å². The second-order valence-corrected chi connectivity index (χ2v) is 1.57. The van der Waals surface area contributed by atoms with E-state index in [9.17, 15) is 0 Å². The molecule has 2 N–H and O–H groups in total. The highest BCUT2D eigenvalue weighted by Gasteiger charge is 1.94. The molecule has 0 radical (unpaired) electrons. The highest BCUT2D eigenvalue weighted by molar-refractivity contribution is 5.36. The van der Waals surface area contributed by atoms with Crippen LogP contribution in [0.25, 0.3) is 0 Å². The van der Waals surface area contributed by atoms with Gasteiger partial charge in [-0.3, -0.25) is 5.10 Å². The topological polar surface area (TPSA) is 49.9 Å². The predicted molar refractivity (Wildman–Crippen MR) is 46.0 cm³/mol. The molecule has 4 nitrogen and oxygen atoms in total. The quantitative estimate of drug-likeness (QED) is 0.683. The van der Waals surface area contributed by atoms with Gasteiger partial charge in [0, 0.05) is 13.1 Å². The number of aromatic nitrogens is 2. The minimum absolute atomic E-state index is 0.597. The fraction of sp³-hybridized carbons (Fsp3) is 0.571. The second kappa shape index (κ2) is 5.58. The van der Waals surface area contributed by atoms with E-state index in [1.165, 1.54) is 0 Å². The third-order valence-corrected chi connectivity index (χ3v) is 1.03. The van der Waals surface area contributed by atoms with Crippen LogP contribution in [0.2, 0.25) is 0 Å². The number of H-pyrrole nitrogens is 1. The second-order valence-electron chi connectivity index (χ2n) is 1.57. The molecule has 11 heavy (non-hydrogen) atoms. The molecule has 0 aliphatic heterocycles. The van der Waals surface area contributed by atoms with Gasteiger partial charge >= 0.3 is 0 Å². The van der Waals surface area contributed by atoms with Gasteiger partial charge in [-0.1, -0.05) is 13.8 Å². The summed E-state index contributed by atoms with van der Waals surface area (Å²) in [7, 11) is 3.39. The molecule has 0 atom stereocenters. The van der Waals surface area contributed by atoms with Crippen LogP contribution in [0.5, 0.6) is 5.88 Å². The number of anilines is 1. The summed E-state index contributed by atoms with van der Waals surface area (Å²) in [6, 6.07) is 1.78. The Hall–Kier alpha value is -1.19. The molecule has 0 saturated heterocycles. The average Bonchev–Trinajstić information content (AvgIpc) is 2.55. The molecule has 64 valence electrons. The van der Waals surface area contributed by atoms with Crippen molar-refractivity contribution in [3.8, 4) is 5.88 Å². The van der Waals surface area contributed by atoms with Gasteiger partial charge in [-0.2, -0.15) is 0 Å². The fourth-order valence-corrected chi connectivity index (χ4v) is 0.536. The molecular formula is C7H15N3O. The molecule has 0 fully saturated rings. The van der Waals surface area contributed by atoms with Crippen molar-refractivity contribution in [1.82, 2.24) is 10.2 Å². The Bertz CT molecular complexity index is 167. The van der Waals surface area contributed by atoms with Gasteiger partial charge in [0.25, 0.3) is 0 Å². The molecule has 1 heterocycles. The minimum atomic E-state index is 0.597. The van der Waals surface area contributed by atoms with Crippen molar-refractivity contribution in [2.45, 2.75) is 13.8 Å². The van der Waals surface area contributed by atoms with Crippen LogP contribution in [0.15, 0.2) is 6.07 Å². The zero-order valence-electron chi connectivity index (χ0n) is 7.43. The van der Waals surface area contributed by atoms with E-state index in [0.29, 0.717) is 5.88 Å². The number of nitrogens with zero attached hydrogens (tertiary/aromatic N) is 1. The first-order chi connectivity index (χ1) is 5.36. The summed E-state index contributed by atoms with van der Waals surface area (Å²) in [5.41, 5.74) is 0. The summed E-state index contributed by atoms with van der Waals surface area (Å²) in [6.07, 6.45) is 0. The Morgan fingerprint density at radius 3 is 2.45 bits per heavy atom. The Labute approximate surface area is 67.0 Å². The first-order valence-corrected chi connectivity index (χ1v) is 3.64. The van der Waals surface area contributed by atoms with E-state index in [4.69, 9.17) is 4.74 Å². The zero-order valence-corrected chi connectivity index (χ0v) is 7.43. The van der Waals surface area contributed by atoms with Crippen LogP contribution in [-0.4, -0.2) is 24.4 Å². The zero-order chi connectivity index (χ0) is 8.69. The maximum Gasteiger partial charge on any atom is 0.234 e. The number of aromatic amines is 1. The Balaban J connectivity index is 0.000000461. The van der Waals surface area contributed by atoms with Gasteiger partial charge < -0.3 is 10.1 Å². The van der Waals surface area contributed by atoms with Crippen molar-refractivity contribution in [2.24, 2.45) is 0 Å². The van der Waals surface area contributed by atoms with E-state index >= 15 is 0 Å². The van der Waals surface area contributed by atoms with E-state index in [2.05, 4.69) is 15.5 Å². The summed E-state index contributed by atoms with van der Waals surface area (Å²) < 4.78 is 4.81. The van der Waals surface area contributed by atoms with E-state index in [-0.39, 0.29) is 0 Å². The summed E-state index contributed by atoms with van der Waals surface area (Å²) in [4.78, 5) is 0. The van der Waals surface area contributed by atoms with E-state index in [1.54, 1.807) is 13.2 Å². The summed E-state index contributed by atoms with van der Waals surface area (Å²) in [6.45, 7) is 4.00. The van der Waals surface area contributed by atoms with Crippen LogP contribution < -0.4 is 10.1 Å². The highest BCUT2D eigenvalue weighted by atomic mass is 16.5. The monoisotopic (exact) mass is 157 g/mol. The van der Waals surface area contributed by atoms with Crippen LogP contribution >= 0.6 is 0 Å². The Morgan fingerprint density at radius 2 is 2.18 bits per heavy atom. The van der Waals surface area contributed by atoms with Gasteiger partial charge in [-0.05, 0) is 0 Å². The maximum atomic E-state index is 4.81. The number of hydrogen-bond acceptors (Lipinski definition) is 3. The third kappa shape index (κ3) is 2.93. The molecule has 0 aliphatic rings. The number of nitrogens with one attached hydrogen (secondary N) is 2. The van der Waals surface area contributed by atoms with Gasteiger partial charge in [-0.15, -0.1) is 5.10 Å². The van der Waals surface area contributed by atoms with Crippen molar-refractivity contribution in [3.63, 3.8) is 0 Å². The van der Waals surface area contributed by atoms with Gasteiger partial charge in [0.1, 0.15) is 5.82 Å². The maximum absolute atomic E-state index is 4.81. The number of methoxy groups -OCH3 is 1. The number of ether oxygens (including phenoxy) is 1.